The first-order valence-corrected chi connectivity index (χ1v) is 10.9. The second-order valence-corrected chi connectivity index (χ2v) is 7.49. The first-order valence-electron chi connectivity index (χ1n) is 10.0. The van der Waals surface area contributed by atoms with E-state index in [0.717, 1.165) is 16.0 Å². The number of hydrogen-bond donors (Lipinski definition) is 0. The number of ether oxygens (including phenoxy) is 3. The first-order chi connectivity index (χ1) is 14.5. The molecule has 7 heteroatoms. The number of hydrogen-bond acceptors (Lipinski definition) is 6. The van der Waals surface area contributed by atoms with E-state index in [1.54, 1.807) is 41.4 Å². The zero-order chi connectivity index (χ0) is 21.9. The number of amides is 1. The van der Waals surface area contributed by atoms with Gasteiger partial charge in [-0.3, -0.25) is 4.79 Å². The molecule has 0 spiro atoms. The summed E-state index contributed by atoms with van der Waals surface area (Å²) in [6, 6.07) is 9.41. The number of carbonyl (C=O) groups is 2. The molecule has 162 valence electrons. The molecule has 0 saturated heterocycles. The third-order valence-corrected chi connectivity index (χ3v) is 5.26. The second kappa shape index (κ2) is 12.0. The third-order valence-electron chi connectivity index (χ3n) is 4.42. The molecule has 0 aliphatic rings. The quantitative estimate of drug-likeness (QED) is 0.386. The average molecular weight is 432 g/mol. The summed E-state index contributed by atoms with van der Waals surface area (Å²) >= 11 is 1.60. The molecule has 0 aliphatic heterocycles. The van der Waals surface area contributed by atoms with E-state index in [-0.39, 0.29) is 12.5 Å². The number of rotatable bonds is 11. The maximum Gasteiger partial charge on any atom is 0.344 e. The Morgan fingerprint density at radius 2 is 1.83 bits per heavy atom. The minimum Gasteiger partial charge on any atom is -0.484 e. The SMILES string of the molecule is CCOC(=O)COc1cc(/C(C)=C/C(=O)N(CC)CC)ccc1OCc1cccs1. The van der Waals surface area contributed by atoms with Gasteiger partial charge in [-0.1, -0.05) is 12.1 Å². The van der Waals surface area contributed by atoms with Gasteiger partial charge in [0.2, 0.25) is 5.91 Å². The van der Waals surface area contributed by atoms with Gasteiger partial charge >= 0.3 is 5.97 Å². The monoisotopic (exact) mass is 431 g/mol. The molecular weight excluding hydrogens is 402 g/mol. The van der Waals surface area contributed by atoms with E-state index < -0.39 is 5.97 Å². The Morgan fingerprint density at radius 3 is 2.47 bits per heavy atom. The van der Waals surface area contributed by atoms with Gasteiger partial charge in [0, 0.05) is 24.0 Å². The van der Waals surface area contributed by atoms with Gasteiger partial charge in [0.25, 0.3) is 0 Å². The van der Waals surface area contributed by atoms with Crippen molar-refractivity contribution in [1.82, 2.24) is 4.90 Å². The van der Waals surface area contributed by atoms with E-state index in [2.05, 4.69) is 0 Å². The van der Waals surface area contributed by atoms with E-state index >= 15 is 0 Å². The normalized spacial score (nSPS) is 11.1. The number of thiophene rings is 1. The molecule has 2 aromatic rings. The highest BCUT2D eigenvalue weighted by Gasteiger charge is 2.13. The Morgan fingerprint density at radius 1 is 1.07 bits per heavy atom. The summed E-state index contributed by atoms with van der Waals surface area (Å²) in [5.41, 5.74) is 1.62. The lowest BCUT2D eigenvalue weighted by Gasteiger charge is -2.17. The standard InChI is InChI=1S/C23H29NO5S/c1-5-24(6-2)22(25)13-17(4)18-10-11-20(28-15-19-9-8-12-30-19)21(14-18)29-16-23(26)27-7-3/h8-14H,5-7,15-16H2,1-4H3/b17-13+. The van der Waals surface area contributed by atoms with Crippen molar-refractivity contribution in [3.05, 3.63) is 52.2 Å². The lowest BCUT2D eigenvalue weighted by atomic mass is 10.1. The van der Waals surface area contributed by atoms with Gasteiger partial charge in [-0.2, -0.15) is 0 Å². The summed E-state index contributed by atoms with van der Waals surface area (Å²) in [5.74, 6) is 0.472. The van der Waals surface area contributed by atoms with Crippen molar-refractivity contribution in [2.45, 2.75) is 34.3 Å². The fourth-order valence-electron chi connectivity index (χ4n) is 2.76. The van der Waals surface area contributed by atoms with Gasteiger partial charge in [-0.05, 0) is 62.4 Å². The first kappa shape index (κ1) is 23.5. The van der Waals surface area contributed by atoms with Gasteiger partial charge in [0.15, 0.2) is 18.1 Å². The lowest BCUT2D eigenvalue weighted by Crippen LogP contribution is -2.28. The zero-order valence-corrected chi connectivity index (χ0v) is 18.8. The van der Waals surface area contributed by atoms with E-state index in [1.165, 1.54) is 0 Å². The number of nitrogens with zero attached hydrogens (tertiary/aromatic N) is 1. The number of benzene rings is 1. The molecule has 6 nitrogen and oxygen atoms in total. The highest BCUT2D eigenvalue weighted by molar-refractivity contribution is 7.09. The number of likely N-dealkylation sites (N-methyl/N-ethyl adjacent to an activating group) is 1. The number of allylic oxidation sites excluding steroid dienone is 1. The Balaban J connectivity index is 2.23. The fraction of sp³-hybridized carbons (Fsp3) is 0.391. The molecule has 0 atom stereocenters. The lowest BCUT2D eigenvalue weighted by molar-refractivity contribution is -0.145. The largest absolute Gasteiger partial charge is 0.484 e. The van der Waals surface area contributed by atoms with Crippen LogP contribution in [0.15, 0.2) is 41.8 Å². The maximum atomic E-state index is 12.4. The average Bonchev–Trinajstić information content (AvgIpc) is 3.25. The van der Waals surface area contributed by atoms with Gasteiger partial charge in [0.1, 0.15) is 6.61 Å². The van der Waals surface area contributed by atoms with Crippen molar-refractivity contribution >= 4 is 28.8 Å². The van der Waals surface area contributed by atoms with Gasteiger partial charge < -0.3 is 19.1 Å². The maximum absolute atomic E-state index is 12.4. The van der Waals surface area contributed by atoms with Crippen molar-refractivity contribution in [2.24, 2.45) is 0 Å². The van der Waals surface area contributed by atoms with Crippen LogP contribution in [0.1, 0.15) is 38.1 Å². The molecule has 0 bridgehead atoms. The molecule has 0 N–H and O–H groups in total. The van der Waals surface area contributed by atoms with Crippen LogP contribution in [0.5, 0.6) is 11.5 Å². The molecule has 0 aliphatic carbocycles. The number of esters is 1. The predicted octanol–water partition coefficient (Wildman–Crippen LogP) is 4.54. The van der Waals surface area contributed by atoms with E-state index in [0.29, 0.717) is 37.8 Å². The van der Waals surface area contributed by atoms with Crippen LogP contribution < -0.4 is 9.47 Å². The third kappa shape index (κ3) is 6.91. The number of carbonyl (C=O) groups excluding carboxylic acids is 2. The van der Waals surface area contributed by atoms with Crippen LogP contribution in [0.25, 0.3) is 5.57 Å². The Kier molecular flexibility index (Phi) is 9.41. The molecule has 30 heavy (non-hydrogen) atoms. The molecule has 1 aromatic carbocycles. The van der Waals surface area contributed by atoms with Crippen LogP contribution in [-0.2, 0) is 20.9 Å². The summed E-state index contributed by atoms with van der Waals surface area (Å²) in [7, 11) is 0. The van der Waals surface area contributed by atoms with E-state index in [1.807, 2.05) is 44.4 Å². The molecule has 0 radical (unpaired) electrons. The Hall–Kier alpha value is -2.80. The minimum absolute atomic E-state index is 0.0375. The molecule has 1 heterocycles. The van der Waals surface area contributed by atoms with E-state index in [9.17, 15) is 9.59 Å². The van der Waals surface area contributed by atoms with Crippen LogP contribution >= 0.6 is 11.3 Å². The van der Waals surface area contributed by atoms with Crippen molar-refractivity contribution in [3.63, 3.8) is 0 Å². The molecule has 0 fully saturated rings. The highest BCUT2D eigenvalue weighted by atomic mass is 32.1. The topological polar surface area (TPSA) is 65.1 Å². The van der Waals surface area contributed by atoms with Crippen LogP contribution in [0.4, 0.5) is 0 Å². The van der Waals surface area contributed by atoms with Crippen LogP contribution in [0.3, 0.4) is 0 Å². The Bertz CT molecular complexity index is 856. The zero-order valence-electron chi connectivity index (χ0n) is 18.0. The van der Waals surface area contributed by atoms with Crippen molar-refractivity contribution in [2.75, 3.05) is 26.3 Å². The summed E-state index contributed by atoms with van der Waals surface area (Å²) in [6.07, 6.45) is 1.61. The molecule has 0 saturated carbocycles. The Labute approximate surface area is 182 Å². The molecule has 1 amide bonds. The smallest absolute Gasteiger partial charge is 0.344 e. The van der Waals surface area contributed by atoms with E-state index in [4.69, 9.17) is 14.2 Å². The van der Waals surface area contributed by atoms with Crippen molar-refractivity contribution in [1.29, 1.82) is 0 Å². The second-order valence-electron chi connectivity index (χ2n) is 6.46. The van der Waals surface area contributed by atoms with Gasteiger partial charge in [0.05, 0.1) is 6.61 Å². The van der Waals surface area contributed by atoms with Crippen LogP contribution in [-0.4, -0.2) is 43.1 Å². The molecule has 1 aromatic heterocycles. The fourth-order valence-corrected chi connectivity index (χ4v) is 3.38. The summed E-state index contributed by atoms with van der Waals surface area (Å²) in [5, 5.41) is 1.99. The highest BCUT2D eigenvalue weighted by Crippen LogP contribution is 2.32. The summed E-state index contributed by atoms with van der Waals surface area (Å²) in [6.45, 7) is 9.31. The van der Waals surface area contributed by atoms with Gasteiger partial charge in [-0.25, -0.2) is 4.79 Å². The predicted molar refractivity (Wildman–Crippen MR) is 119 cm³/mol. The van der Waals surface area contributed by atoms with Gasteiger partial charge in [-0.15, -0.1) is 11.3 Å². The molecule has 0 unspecified atom stereocenters. The van der Waals surface area contributed by atoms with Crippen molar-refractivity contribution < 1.29 is 23.8 Å². The summed E-state index contributed by atoms with van der Waals surface area (Å²) < 4.78 is 16.5. The molecule has 2 rings (SSSR count). The molecular formula is C23H29NO5S. The summed E-state index contributed by atoms with van der Waals surface area (Å²) in [4.78, 5) is 27.0. The van der Waals surface area contributed by atoms with Crippen LogP contribution in [0.2, 0.25) is 0 Å². The van der Waals surface area contributed by atoms with Crippen LogP contribution in [0, 0.1) is 0 Å². The van der Waals surface area contributed by atoms with Crippen molar-refractivity contribution in [3.8, 4) is 11.5 Å². The minimum atomic E-state index is -0.448.